The van der Waals surface area contributed by atoms with E-state index in [1.165, 1.54) is 0 Å². The molecule has 0 unspecified atom stereocenters. The van der Waals surface area contributed by atoms with Gasteiger partial charge < -0.3 is 19.5 Å². The van der Waals surface area contributed by atoms with Gasteiger partial charge in [-0.25, -0.2) is 0 Å². The zero-order chi connectivity index (χ0) is 15.1. The van der Waals surface area contributed by atoms with Crippen molar-refractivity contribution in [3.63, 3.8) is 0 Å². The third-order valence-electron chi connectivity index (χ3n) is 3.54. The molecule has 0 atom stereocenters. The van der Waals surface area contributed by atoms with E-state index in [4.69, 9.17) is 9.47 Å². The van der Waals surface area contributed by atoms with Crippen LogP contribution in [0.1, 0.15) is 26.2 Å². The molecule has 1 saturated heterocycles. The van der Waals surface area contributed by atoms with E-state index in [9.17, 15) is 9.90 Å². The highest BCUT2D eigenvalue weighted by Gasteiger charge is 2.20. The molecule has 0 saturated carbocycles. The summed E-state index contributed by atoms with van der Waals surface area (Å²) in [7, 11) is 0. The summed E-state index contributed by atoms with van der Waals surface area (Å²) in [6.45, 7) is 4.23. The van der Waals surface area contributed by atoms with Gasteiger partial charge >= 0.3 is 0 Å². The molecule has 0 bridgehead atoms. The van der Waals surface area contributed by atoms with Crippen LogP contribution in [0.25, 0.3) is 0 Å². The van der Waals surface area contributed by atoms with Gasteiger partial charge in [-0.2, -0.15) is 0 Å². The fraction of sp³-hybridized carbons (Fsp3) is 0.562. The number of aliphatic hydroxyl groups excluding tert-OH is 1. The van der Waals surface area contributed by atoms with Gasteiger partial charge in [0.2, 0.25) is 5.91 Å². The van der Waals surface area contributed by atoms with Crippen molar-refractivity contribution in [2.45, 2.75) is 32.3 Å². The number of hydrogen-bond acceptors (Lipinski definition) is 4. The number of carbonyl (C=O) groups excluding carboxylic acids is 1. The molecular weight excluding hydrogens is 270 g/mol. The van der Waals surface area contributed by atoms with E-state index in [1.54, 1.807) is 4.90 Å². The van der Waals surface area contributed by atoms with Crippen LogP contribution in [0.5, 0.6) is 11.5 Å². The normalized spacial score (nSPS) is 15.8. The molecule has 2 rings (SSSR count). The van der Waals surface area contributed by atoms with Gasteiger partial charge in [-0.15, -0.1) is 0 Å². The van der Waals surface area contributed by atoms with Crippen LogP contribution in [-0.4, -0.2) is 48.3 Å². The number of likely N-dealkylation sites (tertiary alicyclic amines) is 1. The van der Waals surface area contributed by atoms with Gasteiger partial charge in [0.15, 0.2) is 0 Å². The number of ether oxygens (including phenoxy) is 2. The Labute approximate surface area is 125 Å². The number of aliphatic hydroxyl groups is 1. The first-order valence-electron chi connectivity index (χ1n) is 7.50. The lowest BCUT2D eigenvalue weighted by molar-refractivity contribution is -0.133. The summed E-state index contributed by atoms with van der Waals surface area (Å²) in [5.41, 5.74) is 0. The van der Waals surface area contributed by atoms with Crippen LogP contribution in [0.4, 0.5) is 0 Å². The third-order valence-corrected chi connectivity index (χ3v) is 3.54. The zero-order valence-corrected chi connectivity index (χ0v) is 12.5. The Balaban J connectivity index is 1.70. The summed E-state index contributed by atoms with van der Waals surface area (Å²) < 4.78 is 10.9. The standard InChI is InChI=1S/C16H23NO4/c1-2-20-14-3-5-15(6-4-14)21-12-9-16(19)17-10-7-13(18)8-11-17/h3-6,13,18H,2,7-12H2,1H3. The maximum absolute atomic E-state index is 12.0. The molecule has 5 nitrogen and oxygen atoms in total. The molecule has 1 aromatic carbocycles. The Morgan fingerprint density at radius 3 is 2.33 bits per heavy atom. The van der Waals surface area contributed by atoms with Crippen molar-refractivity contribution in [2.24, 2.45) is 0 Å². The number of nitrogens with zero attached hydrogens (tertiary/aromatic N) is 1. The molecule has 1 N–H and O–H groups in total. The number of hydrogen-bond donors (Lipinski definition) is 1. The second kappa shape index (κ2) is 7.88. The Kier molecular flexibility index (Phi) is 5.87. The SMILES string of the molecule is CCOc1ccc(OCCC(=O)N2CCC(O)CC2)cc1. The molecule has 0 radical (unpaired) electrons. The highest BCUT2D eigenvalue weighted by molar-refractivity contribution is 5.76. The van der Waals surface area contributed by atoms with E-state index in [-0.39, 0.29) is 12.0 Å². The van der Waals surface area contributed by atoms with Crippen LogP contribution in [0.15, 0.2) is 24.3 Å². The first-order chi connectivity index (χ1) is 10.2. The quantitative estimate of drug-likeness (QED) is 0.869. The van der Waals surface area contributed by atoms with Gasteiger partial charge in [-0.1, -0.05) is 0 Å². The second-order valence-electron chi connectivity index (χ2n) is 5.11. The Bertz CT molecular complexity index is 438. The molecule has 1 fully saturated rings. The number of benzene rings is 1. The first kappa shape index (κ1) is 15.6. The van der Waals surface area contributed by atoms with Crippen molar-refractivity contribution in [3.8, 4) is 11.5 Å². The maximum atomic E-state index is 12.0. The summed E-state index contributed by atoms with van der Waals surface area (Å²) in [6.07, 6.45) is 1.45. The van der Waals surface area contributed by atoms with Gasteiger partial charge in [-0.3, -0.25) is 4.79 Å². The lowest BCUT2D eigenvalue weighted by Crippen LogP contribution is -2.40. The smallest absolute Gasteiger partial charge is 0.226 e. The van der Waals surface area contributed by atoms with Gasteiger partial charge in [0.05, 0.1) is 25.7 Å². The molecule has 1 aliphatic heterocycles. The zero-order valence-electron chi connectivity index (χ0n) is 12.5. The van der Waals surface area contributed by atoms with Crippen LogP contribution >= 0.6 is 0 Å². The number of piperidine rings is 1. The monoisotopic (exact) mass is 293 g/mol. The second-order valence-corrected chi connectivity index (χ2v) is 5.11. The number of rotatable bonds is 6. The van der Waals surface area contributed by atoms with E-state index in [2.05, 4.69) is 0 Å². The lowest BCUT2D eigenvalue weighted by atomic mass is 10.1. The number of carbonyl (C=O) groups is 1. The van der Waals surface area contributed by atoms with Crippen molar-refractivity contribution in [2.75, 3.05) is 26.3 Å². The molecular formula is C16H23NO4. The predicted octanol–water partition coefficient (Wildman–Crippen LogP) is 1.84. The van der Waals surface area contributed by atoms with Gasteiger partial charge in [0, 0.05) is 13.1 Å². The number of amides is 1. The largest absolute Gasteiger partial charge is 0.494 e. The summed E-state index contributed by atoms with van der Waals surface area (Å²) in [6, 6.07) is 7.39. The maximum Gasteiger partial charge on any atom is 0.226 e. The minimum Gasteiger partial charge on any atom is -0.494 e. The molecule has 21 heavy (non-hydrogen) atoms. The molecule has 1 aromatic rings. The fourth-order valence-electron chi connectivity index (χ4n) is 2.33. The Morgan fingerprint density at radius 1 is 1.19 bits per heavy atom. The Morgan fingerprint density at radius 2 is 1.76 bits per heavy atom. The molecule has 5 heteroatoms. The van der Waals surface area contributed by atoms with Gasteiger partial charge in [-0.05, 0) is 44.0 Å². The highest BCUT2D eigenvalue weighted by Crippen LogP contribution is 2.18. The summed E-state index contributed by atoms with van der Waals surface area (Å²) in [5.74, 6) is 1.64. The summed E-state index contributed by atoms with van der Waals surface area (Å²) >= 11 is 0. The van der Waals surface area contributed by atoms with Crippen LogP contribution in [0, 0.1) is 0 Å². The van der Waals surface area contributed by atoms with E-state index in [1.807, 2.05) is 31.2 Å². The summed E-state index contributed by atoms with van der Waals surface area (Å²) in [5, 5.41) is 9.42. The molecule has 116 valence electrons. The van der Waals surface area contributed by atoms with E-state index >= 15 is 0 Å². The van der Waals surface area contributed by atoms with Crippen molar-refractivity contribution in [1.29, 1.82) is 0 Å². The molecule has 1 heterocycles. The first-order valence-corrected chi connectivity index (χ1v) is 7.50. The average Bonchev–Trinajstić information content (AvgIpc) is 2.50. The van der Waals surface area contributed by atoms with Crippen molar-refractivity contribution in [1.82, 2.24) is 4.90 Å². The van der Waals surface area contributed by atoms with E-state index in [0.717, 1.165) is 11.5 Å². The van der Waals surface area contributed by atoms with Crippen LogP contribution < -0.4 is 9.47 Å². The van der Waals surface area contributed by atoms with E-state index in [0.29, 0.717) is 45.6 Å². The highest BCUT2D eigenvalue weighted by atomic mass is 16.5. The van der Waals surface area contributed by atoms with E-state index < -0.39 is 0 Å². The minimum atomic E-state index is -0.255. The molecule has 0 spiro atoms. The van der Waals surface area contributed by atoms with Crippen molar-refractivity contribution < 1.29 is 19.4 Å². The molecule has 1 amide bonds. The molecule has 1 aliphatic rings. The summed E-state index contributed by atoms with van der Waals surface area (Å²) in [4.78, 5) is 13.8. The van der Waals surface area contributed by atoms with Gasteiger partial charge in [0.25, 0.3) is 0 Å². The average molecular weight is 293 g/mol. The van der Waals surface area contributed by atoms with Crippen molar-refractivity contribution in [3.05, 3.63) is 24.3 Å². The topological polar surface area (TPSA) is 59.0 Å². The molecule has 0 aromatic heterocycles. The van der Waals surface area contributed by atoms with Crippen LogP contribution in [-0.2, 0) is 4.79 Å². The van der Waals surface area contributed by atoms with Gasteiger partial charge in [0.1, 0.15) is 11.5 Å². The third kappa shape index (κ3) is 4.93. The minimum absolute atomic E-state index is 0.0906. The Hall–Kier alpha value is -1.75. The van der Waals surface area contributed by atoms with Crippen LogP contribution in [0.2, 0.25) is 0 Å². The fourth-order valence-corrected chi connectivity index (χ4v) is 2.33. The predicted molar refractivity (Wildman–Crippen MR) is 79.5 cm³/mol. The molecule has 0 aliphatic carbocycles. The van der Waals surface area contributed by atoms with Crippen molar-refractivity contribution >= 4 is 5.91 Å². The lowest BCUT2D eigenvalue weighted by Gasteiger charge is -2.29. The van der Waals surface area contributed by atoms with Crippen LogP contribution in [0.3, 0.4) is 0 Å².